The number of nitrogens with zero attached hydrogens (tertiary/aromatic N) is 1. The number of sulfonamides is 1. The number of hydrogen-bond acceptors (Lipinski definition) is 3. The van der Waals surface area contributed by atoms with Crippen LogP contribution in [0.5, 0.6) is 0 Å². The summed E-state index contributed by atoms with van der Waals surface area (Å²) >= 11 is 0. The molecule has 5 nitrogen and oxygen atoms in total. The van der Waals surface area contributed by atoms with Gasteiger partial charge in [0.15, 0.2) is 0 Å². The van der Waals surface area contributed by atoms with Gasteiger partial charge in [-0.3, -0.25) is 4.79 Å². The Labute approximate surface area is 144 Å². The molecule has 3 rings (SSSR count). The molecule has 0 spiro atoms. The van der Waals surface area contributed by atoms with Crippen molar-refractivity contribution < 1.29 is 13.2 Å². The second-order valence-electron chi connectivity index (χ2n) is 7.43. The highest BCUT2D eigenvalue weighted by atomic mass is 32.2. The van der Waals surface area contributed by atoms with Gasteiger partial charge in [0.1, 0.15) is 0 Å². The van der Waals surface area contributed by atoms with Crippen molar-refractivity contribution in [2.75, 3.05) is 7.05 Å². The predicted molar refractivity (Wildman–Crippen MR) is 92.6 cm³/mol. The molecule has 0 heterocycles. The highest BCUT2D eigenvalue weighted by Crippen LogP contribution is 2.49. The lowest BCUT2D eigenvalue weighted by atomic mass is 9.86. The molecule has 1 amide bonds. The van der Waals surface area contributed by atoms with Crippen molar-refractivity contribution in [3.63, 3.8) is 0 Å². The van der Waals surface area contributed by atoms with Gasteiger partial charge in [-0.1, -0.05) is 18.6 Å². The number of fused-ring (bicyclic) bond motifs is 2. The number of nitrogens with two attached hydrogens (primary N) is 1. The maximum atomic E-state index is 12.6. The molecule has 2 saturated carbocycles. The number of primary sulfonamides is 1. The van der Waals surface area contributed by atoms with E-state index in [9.17, 15) is 13.2 Å². The third-order valence-electron chi connectivity index (χ3n) is 5.99. The molecule has 6 heteroatoms. The summed E-state index contributed by atoms with van der Waals surface area (Å²) in [6.07, 6.45) is 5.79. The first kappa shape index (κ1) is 17.4. The van der Waals surface area contributed by atoms with Crippen LogP contribution in [-0.4, -0.2) is 26.3 Å². The van der Waals surface area contributed by atoms with Gasteiger partial charge < -0.3 is 4.90 Å². The molecule has 2 fully saturated rings. The maximum Gasteiger partial charge on any atom is 0.238 e. The summed E-state index contributed by atoms with van der Waals surface area (Å²) in [4.78, 5) is 14.5. The van der Waals surface area contributed by atoms with Crippen LogP contribution in [0.25, 0.3) is 0 Å². The minimum absolute atomic E-state index is 0.0920. The third-order valence-corrected chi connectivity index (χ3v) is 6.92. The van der Waals surface area contributed by atoms with Gasteiger partial charge in [-0.15, -0.1) is 0 Å². The Bertz CT molecular complexity index is 714. The van der Waals surface area contributed by atoms with Gasteiger partial charge in [0.2, 0.25) is 15.9 Å². The van der Waals surface area contributed by atoms with E-state index in [4.69, 9.17) is 5.14 Å². The Morgan fingerprint density at radius 2 is 1.92 bits per heavy atom. The number of amides is 1. The minimum atomic E-state index is -3.68. The Morgan fingerprint density at radius 1 is 1.25 bits per heavy atom. The normalized spacial score (nSPS) is 27.2. The summed E-state index contributed by atoms with van der Waals surface area (Å²) in [5, 5.41) is 5.12. The van der Waals surface area contributed by atoms with E-state index in [2.05, 4.69) is 0 Å². The fourth-order valence-corrected chi connectivity index (χ4v) is 4.89. The number of benzene rings is 1. The molecule has 1 aromatic carbocycles. The van der Waals surface area contributed by atoms with Crippen molar-refractivity contribution in [3.05, 3.63) is 29.8 Å². The molecule has 0 aliphatic heterocycles. The standard InChI is InChI=1S/C18H26N2O3S/c1-12(14-5-7-17(8-6-14)24(19,22)23)20(2)18(21)11-16-10-13-3-4-15(16)9-13/h5-8,12-13,15-16H,3-4,9-11H2,1-2H3,(H2,19,22,23). The van der Waals surface area contributed by atoms with Crippen LogP contribution < -0.4 is 5.14 Å². The van der Waals surface area contributed by atoms with Crippen molar-refractivity contribution in [1.29, 1.82) is 0 Å². The van der Waals surface area contributed by atoms with Gasteiger partial charge in [-0.05, 0) is 61.6 Å². The van der Waals surface area contributed by atoms with E-state index < -0.39 is 10.0 Å². The molecular formula is C18H26N2O3S. The van der Waals surface area contributed by atoms with Crippen LogP contribution in [-0.2, 0) is 14.8 Å². The Balaban J connectivity index is 1.63. The molecule has 24 heavy (non-hydrogen) atoms. The van der Waals surface area contributed by atoms with E-state index in [1.807, 2.05) is 14.0 Å². The van der Waals surface area contributed by atoms with Crippen molar-refractivity contribution in [2.24, 2.45) is 22.9 Å². The fraction of sp³-hybridized carbons (Fsp3) is 0.611. The second-order valence-corrected chi connectivity index (χ2v) is 9.00. The third kappa shape index (κ3) is 3.49. The van der Waals surface area contributed by atoms with Crippen LogP contribution in [0.1, 0.15) is 50.6 Å². The van der Waals surface area contributed by atoms with E-state index in [0.717, 1.165) is 17.4 Å². The molecule has 0 aromatic heterocycles. The number of carbonyl (C=O) groups is 1. The van der Waals surface area contributed by atoms with Crippen molar-refractivity contribution in [1.82, 2.24) is 4.90 Å². The van der Waals surface area contributed by atoms with Crippen LogP contribution in [0.4, 0.5) is 0 Å². The first-order chi connectivity index (χ1) is 11.3. The lowest BCUT2D eigenvalue weighted by Gasteiger charge is -2.28. The van der Waals surface area contributed by atoms with Crippen LogP contribution >= 0.6 is 0 Å². The molecule has 2 N–H and O–H groups in total. The molecule has 0 radical (unpaired) electrons. The van der Waals surface area contributed by atoms with E-state index in [1.165, 1.54) is 37.8 Å². The average molecular weight is 350 g/mol. The highest BCUT2D eigenvalue weighted by molar-refractivity contribution is 7.89. The smallest absolute Gasteiger partial charge is 0.238 e. The number of rotatable bonds is 5. The summed E-state index contributed by atoms with van der Waals surface area (Å²) in [6, 6.07) is 6.35. The summed E-state index contributed by atoms with van der Waals surface area (Å²) in [5.74, 6) is 2.32. The molecule has 1 aromatic rings. The van der Waals surface area contributed by atoms with Crippen molar-refractivity contribution in [3.8, 4) is 0 Å². The van der Waals surface area contributed by atoms with Gasteiger partial charge >= 0.3 is 0 Å². The summed E-state index contributed by atoms with van der Waals surface area (Å²) in [7, 11) is -1.86. The van der Waals surface area contributed by atoms with Gasteiger partial charge in [0, 0.05) is 13.5 Å². The molecule has 0 saturated heterocycles. The average Bonchev–Trinajstić information content (AvgIpc) is 3.15. The topological polar surface area (TPSA) is 80.5 Å². The van der Waals surface area contributed by atoms with Crippen molar-refractivity contribution >= 4 is 15.9 Å². The van der Waals surface area contributed by atoms with E-state index in [0.29, 0.717) is 12.3 Å². The van der Waals surface area contributed by atoms with Crippen LogP contribution in [0.2, 0.25) is 0 Å². The molecule has 2 aliphatic carbocycles. The van der Waals surface area contributed by atoms with Gasteiger partial charge in [0.25, 0.3) is 0 Å². The minimum Gasteiger partial charge on any atom is -0.339 e. The second kappa shape index (κ2) is 6.48. The number of carbonyl (C=O) groups excluding carboxylic acids is 1. The van der Waals surface area contributed by atoms with Gasteiger partial charge in [-0.25, -0.2) is 13.6 Å². The summed E-state index contributed by atoms with van der Waals surface area (Å²) in [5.41, 5.74) is 0.909. The lowest BCUT2D eigenvalue weighted by Crippen LogP contribution is -2.32. The molecular weight excluding hydrogens is 324 g/mol. The van der Waals surface area contributed by atoms with E-state index in [1.54, 1.807) is 17.0 Å². The molecule has 2 bridgehead atoms. The van der Waals surface area contributed by atoms with Gasteiger partial charge in [0.05, 0.1) is 10.9 Å². The van der Waals surface area contributed by atoms with Gasteiger partial charge in [-0.2, -0.15) is 0 Å². The zero-order valence-corrected chi connectivity index (χ0v) is 15.1. The van der Waals surface area contributed by atoms with E-state index in [-0.39, 0.29) is 16.8 Å². The van der Waals surface area contributed by atoms with Crippen LogP contribution in [0.3, 0.4) is 0 Å². The predicted octanol–water partition coefficient (Wildman–Crippen LogP) is 2.68. The first-order valence-corrected chi connectivity index (χ1v) is 10.2. The van der Waals surface area contributed by atoms with Crippen LogP contribution in [0, 0.1) is 17.8 Å². The molecule has 4 atom stereocenters. The molecule has 132 valence electrons. The Kier molecular flexibility index (Phi) is 4.71. The number of hydrogen-bond donors (Lipinski definition) is 1. The lowest BCUT2D eigenvalue weighted by molar-refractivity contribution is -0.133. The SMILES string of the molecule is CC(c1ccc(S(N)(=O)=O)cc1)N(C)C(=O)CC1CC2CCC1C2. The zero-order chi connectivity index (χ0) is 17.5. The first-order valence-electron chi connectivity index (χ1n) is 8.64. The van der Waals surface area contributed by atoms with Crippen LogP contribution in [0.15, 0.2) is 29.2 Å². The van der Waals surface area contributed by atoms with E-state index >= 15 is 0 Å². The monoisotopic (exact) mass is 350 g/mol. The summed E-state index contributed by atoms with van der Waals surface area (Å²) in [6.45, 7) is 1.96. The molecule has 4 unspecified atom stereocenters. The largest absolute Gasteiger partial charge is 0.339 e. The molecule has 2 aliphatic rings. The Morgan fingerprint density at radius 3 is 2.42 bits per heavy atom. The Hall–Kier alpha value is -1.40. The van der Waals surface area contributed by atoms with Crippen molar-refractivity contribution in [2.45, 2.75) is 50.0 Å². The zero-order valence-electron chi connectivity index (χ0n) is 14.3. The summed E-state index contributed by atoms with van der Waals surface area (Å²) < 4.78 is 22.7. The highest BCUT2D eigenvalue weighted by Gasteiger charge is 2.40. The maximum absolute atomic E-state index is 12.6. The quantitative estimate of drug-likeness (QED) is 0.886. The fourth-order valence-electron chi connectivity index (χ4n) is 4.37.